The average Bonchev–Trinajstić information content (AvgIpc) is 2.88. The summed E-state index contributed by atoms with van der Waals surface area (Å²) in [5.41, 5.74) is 2.08. The van der Waals surface area contributed by atoms with Gasteiger partial charge in [0, 0.05) is 0 Å². The first-order valence-electron chi connectivity index (χ1n) is 10.2. The number of hydrogen-bond donors (Lipinski definition) is 1. The summed E-state index contributed by atoms with van der Waals surface area (Å²) in [5, 5.41) is 11.1. The largest absolute Gasteiger partial charge is 0.389 e. The molecule has 1 heterocycles. The molecule has 4 aliphatic carbocycles. The summed E-state index contributed by atoms with van der Waals surface area (Å²) >= 11 is 0. The van der Waals surface area contributed by atoms with Gasteiger partial charge in [0.05, 0.1) is 31.5 Å². The van der Waals surface area contributed by atoms with Crippen LogP contribution in [0, 0.1) is 28.6 Å². The molecule has 24 heavy (non-hydrogen) atoms. The van der Waals surface area contributed by atoms with Gasteiger partial charge < -0.3 is 14.6 Å². The Morgan fingerprint density at radius 2 is 1.92 bits per heavy atom. The molecule has 4 fully saturated rings. The summed E-state index contributed by atoms with van der Waals surface area (Å²) in [6, 6.07) is 0. The third kappa shape index (κ3) is 1.95. The molecule has 1 N–H and O–H groups in total. The highest BCUT2D eigenvalue weighted by Crippen LogP contribution is 2.65. The quantitative estimate of drug-likeness (QED) is 0.687. The van der Waals surface area contributed by atoms with Gasteiger partial charge in [-0.3, -0.25) is 0 Å². The fourth-order valence-corrected chi connectivity index (χ4v) is 7.46. The second kappa shape index (κ2) is 5.31. The molecule has 5 aliphatic rings. The van der Waals surface area contributed by atoms with Gasteiger partial charge in [-0.25, -0.2) is 0 Å². The maximum atomic E-state index is 11.1. The molecule has 1 aliphatic heterocycles. The Morgan fingerprint density at radius 3 is 2.79 bits per heavy atom. The first-order chi connectivity index (χ1) is 11.5. The maximum Gasteiger partial charge on any atom is 0.0894 e. The Labute approximate surface area is 145 Å². The van der Waals surface area contributed by atoms with Crippen LogP contribution in [0.4, 0.5) is 0 Å². The Kier molecular flexibility index (Phi) is 3.51. The summed E-state index contributed by atoms with van der Waals surface area (Å²) < 4.78 is 12.3. The lowest BCUT2D eigenvalue weighted by Gasteiger charge is -2.58. The highest BCUT2D eigenvalue weighted by Gasteiger charge is 2.63. The van der Waals surface area contributed by atoms with Gasteiger partial charge in [-0.1, -0.05) is 31.9 Å². The zero-order valence-electron chi connectivity index (χ0n) is 15.2. The number of hydrogen-bond acceptors (Lipinski definition) is 3. The normalized spacial score (nSPS) is 56.5. The van der Waals surface area contributed by atoms with Crippen LogP contribution in [0.5, 0.6) is 0 Å². The van der Waals surface area contributed by atoms with Gasteiger partial charge in [0.25, 0.3) is 0 Å². The molecule has 0 radical (unpaired) electrons. The maximum absolute atomic E-state index is 11.1. The highest BCUT2D eigenvalue weighted by atomic mass is 16.6. The highest BCUT2D eigenvalue weighted by molar-refractivity contribution is 5.27. The van der Waals surface area contributed by atoms with Crippen LogP contribution in [0.25, 0.3) is 0 Å². The molecular weight excluding hydrogens is 300 g/mol. The SMILES string of the molecule is C[C@]12CCCCC1=C[C@H](O)[C@@H]1[C@@H]2CC[C@]2(C)C3OCCOC3C[C@@H]12. The van der Waals surface area contributed by atoms with Gasteiger partial charge in [0.1, 0.15) is 0 Å². The number of ether oxygens (including phenoxy) is 2. The van der Waals surface area contributed by atoms with Crippen LogP contribution in [0.1, 0.15) is 58.8 Å². The van der Waals surface area contributed by atoms with E-state index in [1.165, 1.54) is 38.5 Å². The number of aliphatic hydroxyl groups is 1. The van der Waals surface area contributed by atoms with Crippen molar-refractivity contribution >= 4 is 0 Å². The molecule has 8 atom stereocenters. The van der Waals surface area contributed by atoms with E-state index in [9.17, 15) is 5.11 Å². The minimum atomic E-state index is -0.263. The fraction of sp³-hybridized carbons (Fsp3) is 0.905. The molecule has 3 nitrogen and oxygen atoms in total. The Hall–Kier alpha value is -0.380. The van der Waals surface area contributed by atoms with Gasteiger partial charge in [0.2, 0.25) is 0 Å². The summed E-state index contributed by atoms with van der Waals surface area (Å²) in [5.74, 6) is 1.58. The Balaban J connectivity index is 1.53. The van der Waals surface area contributed by atoms with E-state index >= 15 is 0 Å². The fourth-order valence-electron chi connectivity index (χ4n) is 7.46. The van der Waals surface area contributed by atoms with Crippen molar-refractivity contribution in [3.8, 4) is 0 Å². The van der Waals surface area contributed by atoms with Crippen molar-refractivity contribution in [3.05, 3.63) is 11.6 Å². The molecule has 0 aromatic heterocycles. The van der Waals surface area contributed by atoms with Crippen molar-refractivity contribution < 1.29 is 14.6 Å². The molecular formula is C21H32O3. The van der Waals surface area contributed by atoms with Crippen LogP contribution in [-0.2, 0) is 9.47 Å². The van der Waals surface area contributed by atoms with E-state index in [2.05, 4.69) is 19.9 Å². The molecule has 0 bridgehead atoms. The Bertz CT molecular complexity index is 557. The first kappa shape index (κ1) is 15.8. The van der Waals surface area contributed by atoms with Crippen LogP contribution in [-0.4, -0.2) is 36.6 Å². The lowest BCUT2D eigenvalue weighted by molar-refractivity contribution is -0.170. The molecule has 0 aromatic rings. The average molecular weight is 332 g/mol. The van der Waals surface area contributed by atoms with Crippen LogP contribution in [0.2, 0.25) is 0 Å². The molecule has 3 saturated carbocycles. The van der Waals surface area contributed by atoms with Crippen molar-refractivity contribution in [1.29, 1.82) is 0 Å². The number of aliphatic hydroxyl groups excluding tert-OH is 1. The van der Waals surface area contributed by atoms with Gasteiger partial charge >= 0.3 is 0 Å². The summed E-state index contributed by atoms with van der Waals surface area (Å²) in [6.07, 6.45) is 11.2. The molecule has 0 spiro atoms. The van der Waals surface area contributed by atoms with E-state index in [1.807, 2.05) is 0 Å². The van der Waals surface area contributed by atoms with E-state index in [1.54, 1.807) is 5.57 Å². The van der Waals surface area contributed by atoms with Crippen molar-refractivity contribution in [2.24, 2.45) is 28.6 Å². The van der Waals surface area contributed by atoms with E-state index in [-0.39, 0.29) is 23.7 Å². The second-order valence-corrected chi connectivity index (χ2v) is 9.58. The molecule has 1 saturated heterocycles. The molecule has 3 heteroatoms. The number of allylic oxidation sites excluding steroid dienone is 1. The predicted octanol–water partition coefficient (Wildman–Crippen LogP) is 3.70. The van der Waals surface area contributed by atoms with Gasteiger partial charge in [-0.2, -0.15) is 0 Å². The van der Waals surface area contributed by atoms with Crippen LogP contribution in [0.3, 0.4) is 0 Å². The van der Waals surface area contributed by atoms with Crippen LogP contribution in [0.15, 0.2) is 11.6 Å². The molecule has 0 aromatic carbocycles. The lowest BCUT2D eigenvalue weighted by Crippen LogP contribution is -2.55. The first-order valence-corrected chi connectivity index (χ1v) is 10.2. The topological polar surface area (TPSA) is 38.7 Å². The standard InChI is InChI=1S/C21H32O3/c1-20-7-4-3-5-13(20)11-16(22)18-14(20)6-8-21(2)15(18)12-17-19(21)24-10-9-23-17/h11,14-19,22H,3-10,12H2,1-2H3/t14-,15-,16-,17?,18+,19?,20-,21-/m0/s1. The van der Waals surface area contributed by atoms with Gasteiger partial charge in [0.15, 0.2) is 0 Å². The van der Waals surface area contributed by atoms with Crippen molar-refractivity contribution in [1.82, 2.24) is 0 Å². The molecule has 2 unspecified atom stereocenters. The second-order valence-electron chi connectivity index (χ2n) is 9.58. The third-order valence-corrected chi connectivity index (χ3v) is 8.67. The molecule has 0 amide bonds. The molecule has 134 valence electrons. The smallest absolute Gasteiger partial charge is 0.0894 e. The summed E-state index contributed by atoms with van der Waals surface area (Å²) in [6.45, 7) is 6.39. The summed E-state index contributed by atoms with van der Waals surface area (Å²) in [7, 11) is 0. The van der Waals surface area contributed by atoms with Gasteiger partial charge in [-0.15, -0.1) is 0 Å². The van der Waals surface area contributed by atoms with Crippen LogP contribution < -0.4 is 0 Å². The van der Waals surface area contributed by atoms with E-state index in [0.717, 1.165) is 19.6 Å². The summed E-state index contributed by atoms with van der Waals surface area (Å²) in [4.78, 5) is 0. The van der Waals surface area contributed by atoms with Crippen molar-refractivity contribution in [2.75, 3.05) is 13.2 Å². The van der Waals surface area contributed by atoms with E-state index in [0.29, 0.717) is 23.2 Å². The zero-order valence-corrected chi connectivity index (χ0v) is 15.2. The minimum absolute atomic E-state index is 0.184. The van der Waals surface area contributed by atoms with Crippen molar-refractivity contribution in [3.63, 3.8) is 0 Å². The number of rotatable bonds is 0. The predicted molar refractivity (Wildman–Crippen MR) is 92.6 cm³/mol. The van der Waals surface area contributed by atoms with Crippen molar-refractivity contribution in [2.45, 2.75) is 77.1 Å². The number of fused-ring (bicyclic) bond motifs is 7. The van der Waals surface area contributed by atoms with E-state index < -0.39 is 0 Å². The van der Waals surface area contributed by atoms with Gasteiger partial charge in [-0.05, 0) is 67.1 Å². The Morgan fingerprint density at radius 1 is 1.08 bits per heavy atom. The third-order valence-electron chi connectivity index (χ3n) is 8.67. The lowest BCUT2D eigenvalue weighted by atomic mass is 9.47. The monoisotopic (exact) mass is 332 g/mol. The van der Waals surface area contributed by atoms with Crippen LogP contribution >= 0.6 is 0 Å². The molecule has 5 rings (SSSR count). The zero-order chi connectivity index (χ0) is 16.5. The van der Waals surface area contributed by atoms with E-state index in [4.69, 9.17) is 9.47 Å². The minimum Gasteiger partial charge on any atom is -0.389 e.